The summed E-state index contributed by atoms with van der Waals surface area (Å²) in [5.74, 6) is 0.586. The molecule has 0 saturated heterocycles. The first-order valence-corrected chi connectivity index (χ1v) is 4.53. The monoisotopic (exact) mass is 171 g/mol. The topological polar surface area (TPSA) is 43.1 Å². The van der Waals surface area contributed by atoms with E-state index in [1.54, 1.807) is 0 Å². The third-order valence-electron chi connectivity index (χ3n) is 1.89. The minimum Gasteiger partial charge on any atom is -0.321 e. The van der Waals surface area contributed by atoms with Crippen molar-refractivity contribution < 1.29 is 4.79 Å². The van der Waals surface area contributed by atoms with E-state index in [4.69, 9.17) is 5.73 Å². The summed E-state index contributed by atoms with van der Waals surface area (Å²) in [4.78, 5) is 11.5. The highest BCUT2D eigenvalue weighted by atomic mass is 16.1. The lowest BCUT2D eigenvalue weighted by atomic mass is 9.83. The number of Topliss-reactive ketones (excluding diaryl/α,β-unsaturated/α-hetero) is 1. The van der Waals surface area contributed by atoms with E-state index < -0.39 is 0 Å². The number of carbonyl (C=O) groups is 1. The smallest absolute Gasteiger partial charge is 0.150 e. The number of ketones is 1. The predicted molar refractivity (Wildman–Crippen MR) is 51.9 cm³/mol. The Labute approximate surface area is 75.5 Å². The summed E-state index contributed by atoms with van der Waals surface area (Å²) in [6, 6.07) is -0.320. The first kappa shape index (κ1) is 11.6. The summed E-state index contributed by atoms with van der Waals surface area (Å²) in [7, 11) is 0. The molecule has 0 aromatic carbocycles. The summed E-state index contributed by atoms with van der Waals surface area (Å²) in [5.41, 5.74) is 5.69. The first-order valence-electron chi connectivity index (χ1n) is 4.53. The number of hydrogen-bond donors (Lipinski definition) is 1. The van der Waals surface area contributed by atoms with Crippen molar-refractivity contribution in [3.05, 3.63) is 0 Å². The lowest BCUT2D eigenvalue weighted by molar-refractivity contribution is -0.123. The van der Waals surface area contributed by atoms with Crippen LogP contribution in [0.2, 0.25) is 0 Å². The molecule has 72 valence electrons. The molecule has 12 heavy (non-hydrogen) atoms. The van der Waals surface area contributed by atoms with Crippen LogP contribution in [-0.2, 0) is 4.79 Å². The normalized spacial score (nSPS) is 14.9. The van der Waals surface area contributed by atoms with Crippen molar-refractivity contribution in [2.24, 2.45) is 17.1 Å². The maximum atomic E-state index is 11.5. The Balaban J connectivity index is 4.12. The minimum atomic E-state index is -0.320. The number of carbonyl (C=O) groups excluding carboxylic acids is 1. The largest absolute Gasteiger partial charge is 0.321 e. The van der Waals surface area contributed by atoms with Crippen molar-refractivity contribution in [3.8, 4) is 0 Å². The van der Waals surface area contributed by atoms with Gasteiger partial charge in [-0.2, -0.15) is 0 Å². The highest BCUT2D eigenvalue weighted by Crippen LogP contribution is 2.20. The molecule has 0 amide bonds. The van der Waals surface area contributed by atoms with E-state index >= 15 is 0 Å². The fraction of sp³-hybridized carbons (Fsp3) is 0.900. The van der Waals surface area contributed by atoms with Crippen LogP contribution in [0.3, 0.4) is 0 Å². The van der Waals surface area contributed by atoms with Gasteiger partial charge in [-0.15, -0.1) is 0 Å². The van der Waals surface area contributed by atoms with Crippen LogP contribution < -0.4 is 5.73 Å². The second-order valence-electron chi connectivity index (χ2n) is 4.91. The lowest BCUT2D eigenvalue weighted by Crippen LogP contribution is -2.42. The van der Waals surface area contributed by atoms with Crippen LogP contribution >= 0.6 is 0 Å². The van der Waals surface area contributed by atoms with Crippen molar-refractivity contribution >= 4 is 5.78 Å². The summed E-state index contributed by atoms with van der Waals surface area (Å²) in [6.45, 7) is 10.1. The Morgan fingerprint density at radius 3 is 2.00 bits per heavy atom. The molecular weight excluding hydrogens is 150 g/mol. The molecule has 1 unspecified atom stereocenters. The standard InChI is InChI=1S/C10H21NO/c1-7(2)6-8(12)9(11)10(3,4)5/h7,9H,6,11H2,1-5H3. The van der Waals surface area contributed by atoms with Gasteiger partial charge in [0.05, 0.1) is 6.04 Å². The molecule has 0 aromatic heterocycles. The zero-order valence-corrected chi connectivity index (χ0v) is 8.85. The van der Waals surface area contributed by atoms with Crippen molar-refractivity contribution in [1.29, 1.82) is 0 Å². The van der Waals surface area contributed by atoms with E-state index in [1.807, 2.05) is 34.6 Å². The number of nitrogens with two attached hydrogens (primary N) is 1. The second-order valence-corrected chi connectivity index (χ2v) is 4.91. The lowest BCUT2D eigenvalue weighted by Gasteiger charge is -2.26. The molecule has 2 N–H and O–H groups in total. The molecule has 0 bridgehead atoms. The van der Waals surface area contributed by atoms with Gasteiger partial charge >= 0.3 is 0 Å². The van der Waals surface area contributed by atoms with Gasteiger partial charge in [-0.05, 0) is 11.3 Å². The molecule has 0 spiro atoms. The molecule has 0 radical (unpaired) electrons. The Morgan fingerprint density at radius 2 is 1.75 bits per heavy atom. The molecule has 0 saturated carbocycles. The van der Waals surface area contributed by atoms with Crippen molar-refractivity contribution in [2.75, 3.05) is 0 Å². The van der Waals surface area contributed by atoms with Crippen molar-refractivity contribution in [3.63, 3.8) is 0 Å². The zero-order valence-electron chi connectivity index (χ0n) is 8.85. The van der Waals surface area contributed by atoms with Gasteiger partial charge in [0.2, 0.25) is 0 Å². The van der Waals surface area contributed by atoms with Crippen LogP contribution in [0.25, 0.3) is 0 Å². The molecular formula is C10H21NO. The SMILES string of the molecule is CC(C)CC(=O)C(N)C(C)(C)C. The average Bonchev–Trinajstić information content (AvgIpc) is 1.82. The Kier molecular flexibility index (Phi) is 3.91. The molecule has 1 atom stereocenters. The van der Waals surface area contributed by atoms with E-state index in [0.717, 1.165) is 0 Å². The van der Waals surface area contributed by atoms with Crippen LogP contribution in [-0.4, -0.2) is 11.8 Å². The maximum Gasteiger partial charge on any atom is 0.150 e. The summed E-state index contributed by atoms with van der Waals surface area (Å²) >= 11 is 0. The van der Waals surface area contributed by atoms with Crippen LogP contribution in [0.1, 0.15) is 41.0 Å². The fourth-order valence-corrected chi connectivity index (χ4v) is 1.01. The van der Waals surface area contributed by atoms with E-state index in [1.165, 1.54) is 0 Å². The number of hydrogen-bond acceptors (Lipinski definition) is 2. The Bertz CT molecular complexity index is 156. The second kappa shape index (κ2) is 4.04. The summed E-state index contributed by atoms with van der Waals surface area (Å²) in [5, 5.41) is 0. The van der Waals surface area contributed by atoms with Gasteiger partial charge in [-0.1, -0.05) is 34.6 Å². The van der Waals surface area contributed by atoms with E-state index in [2.05, 4.69) is 0 Å². The third kappa shape index (κ3) is 3.86. The van der Waals surface area contributed by atoms with Gasteiger partial charge in [-0.3, -0.25) is 4.79 Å². The predicted octanol–water partition coefficient (Wildman–Crippen LogP) is 1.98. The molecule has 0 rings (SSSR count). The van der Waals surface area contributed by atoms with Gasteiger partial charge in [0.1, 0.15) is 5.78 Å². The van der Waals surface area contributed by atoms with E-state index in [9.17, 15) is 4.79 Å². The Morgan fingerprint density at radius 1 is 1.33 bits per heavy atom. The van der Waals surface area contributed by atoms with E-state index in [0.29, 0.717) is 12.3 Å². The number of rotatable bonds is 3. The molecule has 0 aromatic rings. The highest BCUT2D eigenvalue weighted by Gasteiger charge is 2.27. The van der Waals surface area contributed by atoms with Crippen molar-refractivity contribution in [1.82, 2.24) is 0 Å². The van der Waals surface area contributed by atoms with E-state index in [-0.39, 0.29) is 17.2 Å². The molecule has 0 heterocycles. The molecule has 2 heteroatoms. The maximum absolute atomic E-state index is 11.5. The zero-order chi connectivity index (χ0) is 9.94. The molecule has 2 nitrogen and oxygen atoms in total. The van der Waals surface area contributed by atoms with Gasteiger partial charge in [0, 0.05) is 6.42 Å². The first-order chi connectivity index (χ1) is 5.25. The van der Waals surface area contributed by atoms with Crippen molar-refractivity contribution in [2.45, 2.75) is 47.1 Å². The van der Waals surface area contributed by atoms with Gasteiger partial charge in [-0.25, -0.2) is 0 Å². The van der Waals surface area contributed by atoms with Gasteiger partial charge in [0.15, 0.2) is 0 Å². The van der Waals surface area contributed by atoms with Crippen LogP contribution in [0, 0.1) is 11.3 Å². The molecule has 0 aliphatic carbocycles. The fourth-order valence-electron chi connectivity index (χ4n) is 1.01. The third-order valence-corrected chi connectivity index (χ3v) is 1.89. The molecule has 0 fully saturated rings. The molecule has 0 aliphatic rings. The minimum absolute atomic E-state index is 0.105. The van der Waals surface area contributed by atoms with Gasteiger partial charge < -0.3 is 5.73 Å². The summed E-state index contributed by atoms with van der Waals surface area (Å²) < 4.78 is 0. The van der Waals surface area contributed by atoms with Crippen LogP contribution in [0.15, 0.2) is 0 Å². The highest BCUT2D eigenvalue weighted by molar-refractivity contribution is 5.84. The average molecular weight is 171 g/mol. The Hall–Kier alpha value is -0.370. The van der Waals surface area contributed by atoms with Crippen LogP contribution in [0.4, 0.5) is 0 Å². The summed E-state index contributed by atoms with van der Waals surface area (Å²) in [6.07, 6.45) is 0.596. The quantitative estimate of drug-likeness (QED) is 0.705. The van der Waals surface area contributed by atoms with Crippen LogP contribution in [0.5, 0.6) is 0 Å². The molecule has 0 aliphatic heterocycles. The van der Waals surface area contributed by atoms with Gasteiger partial charge in [0.25, 0.3) is 0 Å².